The first-order chi connectivity index (χ1) is 12.2. The first-order valence-electron chi connectivity index (χ1n) is 7.83. The molecule has 1 aliphatic rings. The van der Waals surface area contributed by atoms with Crippen molar-refractivity contribution in [1.82, 2.24) is 15.2 Å². The number of halogens is 1. The van der Waals surface area contributed by atoms with Gasteiger partial charge in [0.05, 0.1) is 30.5 Å². The third-order valence-corrected chi connectivity index (χ3v) is 4.21. The highest BCUT2D eigenvalue weighted by Gasteiger charge is 2.20. The van der Waals surface area contributed by atoms with Crippen LogP contribution >= 0.6 is 11.6 Å². The second kappa shape index (κ2) is 6.70. The van der Waals surface area contributed by atoms with E-state index >= 15 is 0 Å². The quantitative estimate of drug-likeness (QED) is 0.748. The lowest BCUT2D eigenvalue weighted by molar-refractivity contribution is 0.102. The molecular formula is C17H15ClN4O3. The number of rotatable bonds is 4. The van der Waals surface area contributed by atoms with Gasteiger partial charge in [0, 0.05) is 23.7 Å². The van der Waals surface area contributed by atoms with Crippen LogP contribution in [0, 0.1) is 0 Å². The topological polar surface area (TPSA) is 89.1 Å². The molecule has 0 aliphatic carbocycles. The van der Waals surface area contributed by atoms with E-state index in [4.69, 9.17) is 21.1 Å². The van der Waals surface area contributed by atoms with Gasteiger partial charge in [0.15, 0.2) is 0 Å². The molecule has 1 saturated heterocycles. The minimum Gasteiger partial charge on any atom is -0.471 e. The number of nitrogens with zero attached hydrogens (tertiary/aromatic N) is 2. The maximum absolute atomic E-state index is 12.4. The Labute approximate surface area is 148 Å². The summed E-state index contributed by atoms with van der Waals surface area (Å²) in [7, 11) is 0. The highest BCUT2D eigenvalue weighted by Crippen LogP contribution is 2.25. The van der Waals surface area contributed by atoms with Crippen molar-refractivity contribution in [3.05, 3.63) is 47.2 Å². The molecule has 8 heteroatoms. The summed E-state index contributed by atoms with van der Waals surface area (Å²) in [6.07, 6.45) is 3.92. The van der Waals surface area contributed by atoms with Gasteiger partial charge >= 0.3 is 0 Å². The van der Waals surface area contributed by atoms with Gasteiger partial charge < -0.3 is 14.8 Å². The number of amides is 1. The number of carbonyl (C=O) groups is 1. The van der Waals surface area contributed by atoms with Crippen molar-refractivity contribution in [2.75, 3.05) is 18.5 Å². The lowest BCUT2D eigenvalue weighted by Crippen LogP contribution is -2.17. The Balaban J connectivity index is 1.48. The summed E-state index contributed by atoms with van der Waals surface area (Å²) in [5, 5.41) is 10.9. The zero-order chi connectivity index (χ0) is 17.2. The average molecular weight is 359 g/mol. The van der Waals surface area contributed by atoms with E-state index in [1.165, 1.54) is 6.20 Å². The molecule has 1 unspecified atom stereocenters. The van der Waals surface area contributed by atoms with Crippen LogP contribution in [0.1, 0.15) is 16.8 Å². The van der Waals surface area contributed by atoms with Gasteiger partial charge in [-0.05, 0) is 24.3 Å². The Bertz CT molecular complexity index is 921. The number of carbonyl (C=O) groups excluding carboxylic acids is 1. The Kier molecular flexibility index (Phi) is 4.25. The van der Waals surface area contributed by atoms with Crippen molar-refractivity contribution in [3.63, 3.8) is 0 Å². The van der Waals surface area contributed by atoms with E-state index < -0.39 is 0 Å². The number of aromatic amines is 1. The Hall–Kier alpha value is -2.64. The van der Waals surface area contributed by atoms with Crippen LogP contribution < -0.4 is 10.1 Å². The molecule has 0 spiro atoms. The molecule has 7 nitrogen and oxygen atoms in total. The van der Waals surface area contributed by atoms with Crippen LogP contribution in [0.4, 0.5) is 5.69 Å². The molecule has 1 amide bonds. The molecule has 0 saturated carbocycles. The number of aromatic nitrogens is 3. The molecule has 2 N–H and O–H groups in total. The second-order valence-electron chi connectivity index (χ2n) is 5.74. The van der Waals surface area contributed by atoms with Crippen LogP contribution in [-0.4, -0.2) is 40.4 Å². The van der Waals surface area contributed by atoms with Crippen molar-refractivity contribution >= 4 is 34.1 Å². The smallest absolute Gasteiger partial charge is 0.257 e. The molecular weight excluding hydrogens is 344 g/mol. The SMILES string of the molecule is O=C(Nc1ccc2cn[nH]c2c1)c1cnc(OC2CCOC2)c(Cl)c1. The maximum atomic E-state index is 12.4. The molecule has 25 heavy (non-hydrogen) atoms. The normalized spacial score (nSPS) is 16.9. The molecule has 3 heterocycles. The molecule has 1 fully saturated rings. The summed E-state index contributed by atoms with van der Waals surface area (Å²) in [6.45, 7) is 1.19. The second-order valence-corrected chi connectivity index (χ2v) is 6.15. The lowest BCUT2D eigenvalue weighted by Gasteiger charge is -2.12. The van der Waals surface area contributed by atoms with Crippen LogP contribution in [0.15, 0.2) is 36.7 Å². The fourth-order valence-corrected chi connectivity index (χ4v) is 2.83. The number of fused-ring (bicyclic) bond motifs is 1. The molecule has 1 atom stereocenters. The largest absolute Gasteiger partial charge is 0.471 e. The summed E-state index contributed by atoms with van der Waals surface area (Å²) < 4.78 is 10.9. The highest BCUT2D eigenvalue weighted by molar-refractivity contribution is 6.32. The lowest BCUT2D eigenvalue weighted by atomic mass is 10.2. The third-order valence-electron chi connectivity index (χ3n) is 3.94. The van der Waals surface area contributed by atoms with Gasteiger partial charge in [0.2, 0.25) is 5.88 Å². The summed E-state index contributed by atoms with van der Waals surface area (Å²) in [5.74, 6) is 0.0108. The number of nitrogens with one attached hydrogen (secondary N) is 2. The van der Waals surface area contributed by atoms with E-state index in [1.807, 2.05) is 18.2 Å². The standard InChI is InChI=1S/C17H15ClN4O3/c18-14-5-11(7-19-17(14)25-13-3-4-24-9-13)16(23)21-12-2-1-10-8-20-22-15(10)6-12/h1-2,5-8,13H,3-4,9H2,(H,20,22)(H,21,23). The van der Waals surface area contributed by atoms with Gasteiger partial charge in [-0.2, -0.15) is 5.10 Å². The molecule has 2 aromatic heterocycles. The van der Waals surface area contributed by atoms with E-state index in [-0.39, 0.29) is 12.0 Å². The van der Waals surface area contributed by atoms with Gasteiger partial charge in [0.25, 0.3) is 5.91 Å². The number of anilines is 1. The molecule has 128 valence electrons. The van der Waals surface area contributed by atoms with E-state index in [0.29, 0.717) is 35.4 Å². The van der Waals surface area contributed by atoms with Crippen LogP contribution in [-0.2, 0) is 4.74 Å². The van der Waals surface area contributed by atoms with Gasteiger partial charge in [-0.3, -0.25) is 9.89 Å². The fourth-order valence-electron chi connectivity index (χ4n) is 2.62. The van der Waals surface area contributed by atoms with E-state index in [1.54, 1.807) is 12.3 Å². The predicted molar refractivity (Wildman–Crippen MR) is 93.1 cm³/mol. The number of benzene rings is 1. The molecule has 1 aromatic carbocycles. The van der Waals surface area contributed by atoms with Gasteiger partial charge in [-0.25, -0.2) is 4.98 Å². The minimum atomic E-state index is -0.302. The molecule has 1 aliphatic heterocycles. The first kappa shape index (κ1) is 15.9. The third kappa shape index (κ3) is 3.42. The van der Waals surface area contributed by atoms with Crippen LogP contribution in [0.3, 0.4) is 0 Å². The number of ether oxygens (including phenoxy) is 2. The van der Waals surface area contributed by atoms with Crippen molar-refractivity contribution < 1.29 is 14.3 Å². The van der Waals surface area contributed by atoms with Crippen LogP contribution in [0.2, 0.25) is 5.02 Å². The average Bonchev–Trinajstić information content (AvgIpc) is 3.27. The molecule has 4 rings (SSSR count). The summed E-state index contributed by atoms with van der Waals surface area (Å²) in [5.41, 5.74) is 1.85. The molecule has 0 bridgehead atoms. The molecule has 0 radical (unpaired) electrons. The van der Waals surface area contributed by atoms with Crippen molar-refractivity contribution in [2.45, 2.75) is 12.5 Å². The predicted octanol–water partition coefficient (Wildman–Crippen LogP) is 3.03. The fraction of sp³-hybridized carbons (Fsp3) is 0.235. The summed E-state index contributed by atoms with van der Waals surface area (Å²) in [6, 6.07) is 7.04. The minimum absolute atomic E-state index is 0.0502. The zero-order valence-corrected chi connectivity index (χ0v) is 13.9. The number of H-pyrrole nitrogens is 1. The number of hydrogen-bond donors (Lipinski definition) is 2. The van der Waals surface area contributed by atoms with E-state index in [9.17, 15) is 4.79 Å². The van der Waals surface area contributed by atoms with Crippen LogP contribution in [0.25, 0.3) is 10.9 Å². The molecule has 3 aromatic rings. The monoisotopic (exact) mass is 358 g/mol. The van der Waals surface area contributed by atoms with Crippen molar-refractivity contribution in [3.8, 4) is 5.88 Å². The van der Waals surface area contributed by atoms with Crippen molar-refractivity contribution in [2.24, 2.45) is 0 Å². The number of hydrogen-bond acceptors (Lipinski definition) is 5. The Morgan fingerprint density at radius 2 is 2.28 bits per heavy atom. The van der Waals surface area contributed by atoms with Gasteiger partial charge in [0.1, 0.15) is 11.1 Å². The first-order valence-corrected chi connectivity index (χ1v) is 8.21. The number of pyridine rings is 1. The van der Waals surface area contributed by atoms with E-state index in [2.05, 4.69) is 20.5 Å². The highest BCUT2D eigenvalue weighted by atomic mass is 35.5. The Morgan fingerprint density at radius 1 is 1.36 bits per heavy atom. The zero-order valence-electron chi connectivity index (χ0n) is 13.2. The van der Waals surface area contributed by atoms with Crippen LogP contribution in [0.5, 0.6) is 5.88 Å². The summed E-state index contributed by atoms with van der Waals surface area (Å²) >= 11 is 6.20. The van der Waals surface area contributed by atoms with Crippen molar-refractivity contribution in [1.29, 1.82) is 0 Å². The van der Waals surface area contributed by atoms with Gasteiger partial charge in [-0.15, -0.1) is 0 Å². The Morgan fingerprint density at radius 3 is 3.08 bits per heavy atom. The van der Waals surface area contributed by atoms with E-state index in [0.717, 1.165) is 17.3 Å². The summed E-state index contributed by atoms with van der Waals surface area (Å²) in [4.78, 5) is 16.6. The van der Waals surface area contributed by atoms with Gasteiger partial charge in [-0.1, -0.05) is 11.6 Å². The maximum Gasteiger partial charge on any atom is 0.257 e.